The highest BCUT2D eigenvalue weighted by Gasteiger charge is 2.42. The molecule has 74 valence electrons. The van der Waals surface area contributed by atoms with Crippen molar-refractivity contribution < 1.29 is 9.53 Å². The third-order valence-electron chi connectivity index (χ3n) is 3.33. The Labute approximate surface area is 79.0 Å². The second-order valence-electron chi connectivity index (χ2n) is 4.30. The number of likely N-dealkylation sites (tertiary alicyclic amines) is 1. The van der Waals surface area contributed by atoms with Crippen molar-refractivity contribution in [2.24, 2.45) is 5.41 Å². The number of Topliss-reactive ketones (excluding diaryl/α,β-unsaturated/α-hetero) is 1. The van der Waals surface area contributed by atoms with E-state index in [2.05, 4.69) is 11.9 Å². The van der Waals surface area contributed by atoms with E-state index in [0.29, 0.717) is 5.78 Å². The Bertz CT molecular complexity index is 209. The first-order valence-electron chi connectivity index (χ1n) is 5.03. The van der Waals surface area contributed by atoms with Crippen LogP contribution in [0.3, 0.4) is 0 Å². The van der Waals surface area contributed by atoms with Crippen molar-refractivity contribution in [2.45, 2.75) is 19.3 Å². The monoisotopic (exact) mass is 183 g/mol. The van der Waals surface area contributed by atoms with Crippen LogP contribution in [0.5, 0.6) is 0 Å². The molecule has 2 heterocycles. The Morgan fingerprint density at radius 1 is 1.38 bits per heavy atom. The Morgan fingerprint density at radius 2 is 2.08 bits per heavy atom. The molecular weight excluding hydrogens is 166 g/mol. The predicted octanol–water partition coefficient (Wildman–Crippen LogP) is 0.688. The van der Waals surface area contributed by atoms with Crippen molar-refractivity contribution in [3.8, 4) is 0 Å². The molecule has 2 saturated heterocycles. The van der Waals surface area contributed by atoms with Gasteiger partial charge in [0.05, 0.1) is 0 Å². The smallest absolute Gasteiger partial charge is 0.141 e. The first-order valence-corrected chi connectivity index (χ1v) is 5.03. The molecule has 0 aliphatic carbocycles. The molecule has 13 heavy (non-hydrogen) atoms. The minimum atomic E-state index is -0.0503. The molecule has 0 atom stereocenters. The Kier molecular flexibility index (Phi) is 2.39. The summed E-state index contributed by atoms with van der Waals surface area (Å²) in [6, 6.07) is 0. The van der Waals surface area contributed by atoms with Gasteiger partial charge in [-0.15, -0.1) is 0 Å². The third kappa shape index (κ3) is 1.63. The van der Waals surface area contributed by atoms with Gasteiger partial charge < -0.3 is 9.64 Å². The molecule has 0 amide bonds. The van der Waals surface area contributed by atoms with Crippen molar-refractivity contribution in [1.29, 1.82) is 0 Å². The van der Waals surface area contributed by atoms with Crippen LogP contribution in [0.25, 0.3) is 0 Å². The lowest BCUT2D eigenvalue weighted by atomic mass is 9.73. The first kappa shape index (κ1) is 9.16. The van der Waals surface area contributed by atoms with E-state index in [-0.39, 0.29) is 5.41 Å². The standard InChI is InChI=1S/C10H17NO2/c1-11-5-2-9(12)10(8-11)3-6-13-7-4-10/h2-8H2,1H3. The van der Waals surface area contributed by atoms with Crippen molar-refractivity contribution in [1.82, 2.24) is 4.90 Å². The molecule has 0 aromatic rings. The molecule has 0 bridgehead atoms. The second kappa shape index (κ2) is 3.39. The quantitative estimate of drug-likeness (QED) is 0.553. The lowest BCUT2D eigenvalue weighted by Crippen LogP contribution is -2.50. The number of nitrogens with zero attached hydrogens (tertiary/aromatic N) is 1. The summed E-state index contributed by atoms with van der Waals surface area (Å²) in [6.45, 7) is 3.40. The number of ether oxygens (including phenoxy) is 1. The molecule has 2 fully saturated rings. The fraction of sp³-hybridized carbons (Fsp3) is 0.900. The maximum atomic E-state index is 11.8. The van der Waals surface area contributed by atoms with Gasteiger partial charge in [-0.3, -0.25) is 4.79 Å². The van der Waals surface area contributed by atoms with Crippen molar-refractivity contribution in [3.63, 3.8) is 0 Å². The van der Waals surface area contributed by atoms with Crippen LogP contribution >= 0.6 is 0 Å². The Morgan fingerprint density at radius 3 is 2.77 bits per heavy atom. The average Bonchev–Trinajstić information content (AvgIpc) is 2.14. The van der Waals surface area contributed by atoms with Crippen LogP contribution in [0.4, 0.5) is 0 Å². The van der Waals surface area contributed by atoms with Crippen LogP contribution < -0.4 is 0 Å². The van der Waals surface area contributed by atoms with E-state index >= 15 is 0 Å². The Balaban J connectivity index is 2.11. The molecule has 0 saturated carbocycles. The fourth-order valence-electron chi connectivity index (χ4n) is 2.44. The zero-order chi connectivity index (χ0) is 9.31. The van der Waals surface area contributed by atoms with Gasteiger partial charge in [-0.2, -0.15) is 0 Å². The highest BCUT2D eigenvalue weighted by Crippen LogP contribution is 2.35. The topological polar surface area (TPSA) is 29.5 Å². The highest BCUT2D eigenvalue weighted by atomic mass is 16.5. The van der Waals surface area contributed by atoms with Gasteiger partial charge in [0, 0.05) is 38.1 Å². The molecule has 0 aromatic heterocycles. The van der Waals surface area contributed by atoms with Gasteiger partial charge in [-0.1, -0.05) is 0 Å². The largest absolute Gasteiger partial charge is 0.381 e. The van der Waals surface area contributed by atoms with Gasteiger partial charge in [0.2, 0.25) is 0 Å². The van der Waals surface area contributed by atoms with Crippen molar-refractivity contribution in [3.05, 3.63) is 0 Å². The van der Waals surface area contributed by atoms with Crippen LogP contribution in [0.15, 0.2) is 0 Å². The fourth-order valence-corrected chi connectivity index (χ4v) is 2.44. The summed E-state index contributed by atoms with van der Waals surface area (Å²) in [5.41, 5.74) is -0.0503. The number of ketones is 1. The predicted molar refractivity (Wildman–Crippen MR) is 49.6 cm³/mol. The number of piperidine rings is 1. The molecule has 1 spiro atoms. The lowest BCUT2D eigenvalue weighted by Gasteiger charge is -2.42. The number of carbonyl (C=O) groups is 1. The average molecular weight is 183 g/mol. The minimum Gasteiger partial charge on any atom is -0.381 e. The van der Waals surface area contributed by atoms with Crippen LogP contribution in [0.1, 0.15) is 19.3 Å². The van der Waals surface area contributed by atoms with Gasteiger partial charge in [-0.25, -0.2) is 0 Å². The SMILES string of the molecule is CN1CCC(=O)C2(CCOCC2)C1. The number of rotatable bonds is 0. The van der Waals surface area contributed by atoms with E-state index in [1.54, 1.807) is 0 Å². The highest BCUT2D eigenvalue weighted by molar-refractivity contribution is 5.86. The molecule has 3 heteroatoms. The number of hydrogen-bond acceptors (Lipinski definition) is 3. The van der Waals surface area contributed by atoms with Gasteiger partial charge in [0.15, 0.2) is 0 Å². The molecule has 3 nitrogen and oxygen atoms in total. The summed E-state index contributed by atoms with van der Waals surface area (Å²) in [6.07, 6.45) is 2.59. The van der Waals surface area contributed by atoms with Gasteiger partial charge in [0.1, 0.15) is 5.78 Å². The lowest BCUT2D eigenvalue weighted by molar-refractivity contribution is -0.140. The number of carbonyl (C=O) groups excluding carboxylic acids is 1. The molecule has 2 aliphatic rings. The summed E-state index contributed by atoms with van der Waals surface area (Å²) in [5.74, 6) is 0.467. The maximum Gasteiger partial charge on any atom is 0.141 e. The molecule has 2 rings (SSSR count). The summed E-state index contributed by atoms with van der Waals surface area (Å²) in [7, 11) is 2.10. The maximum absolute atomic E-state index is 11.8. The molecule has 2 aliphatic heterocycles. The van der Waals surface area contributed by atoms with E-state index in [4.69, 9.17) is 4.74 Å². The van der Waals surface area contributed by atoms with Crippen LogP contribution in [0.2, 0.25) is 0 Å². The Hall–Kier alpha value is -0.410. The molecular formula is C10H17NO2. The molecule has 0 N–H and O–H groups in total. The van der Waals surface area contributed by atoms with Crippen molar-refractivity contribution in [2.75, 3.05) is 33.4 Å². The molecule has 0 unspecified atom stereocenters. The van der Waals surface area contributed by atoms with E-state index < -0.39 is 0 Å². The normalized spacial score (nSPS) is 29.5. The summed E-state index contributed by atoms with van der Waals surface area (Å²) in [4.78, 5) is 14.1. The van der Waals surface area contributed by atoms with E-state index in [1.807, 2.05) is 0 Å². The summed E-state index contributed by atoms with van der Waals surface area (Å²) >= 11 is 0. The first-order chi connectivity index (χ1) is 6.23. The summed E-state index contributed by atoms with van der Waals surface area (Å²) in [5, 5.41) is 0. The zero-order valence-electron chi connectivity index (χ0n) is 8.21. The van der Waals surface area contributed by atoms with Gasteiger partial charge >= 0.3 is 0 Å². The van der Waals surface area contributed by atoms with Gasteiger partial charge in [0.25, 0.3) is 0 Å². The summed E-state index contributed by atoms with van der Waals surface area (Å²) < 4.78 is 5.31. The van der Waals surface area contributed by atoms with Gasteiger partial charge in [-0.05, 0) is 19.9 Å². The zero-order valence-corrected chi connectivity index (χ0v) is 8.21. The van der Waals surface area contributed by atoms with Crippen LogP contribution in [-0.4, -0.2) is 44.0 Å². The van der Waals surface area contributed by atoms with E-state index in [1.165, 1.54) is 0 Å². The van der Waals surface area contributed by atoms with Crippen LogP contribution in [0, 0.1) is 5.41 Å². The second-order valence-corrected chi connectivity index (χ2v) is 4.30. The molecule has 0 radical (unpaired) electrons. The minimum absolute atomic E-state index is 0.0503. The van der Waals surface area contributed by atoms with E-state index in [0.717, 1.165) is 45.6 Å². The third-order valence-corrected chi connectivity index (χ3v) is 3.33. The van der Waals surface area contributed by atoms with Crippen LogP contribution in [-0.2, 0) is 9.53 Å². The molecule has 0 aromatic carbocycles. The van der Waals surface area contributed by atoms with E-state index in [9.17, 15) is 4.79 Å². The van der Waals surface area contributed by atoms with Crippen molar-refractivity contribution >= 4 is 5.78 Å². The number of hydrogen-bond donors (Lipinski definition) is 0.